The largest absolute Gasteiger partial charge is 0.341 e. The van der Waals surface area contributed by atoms with Crippen LogP contribution < -0.4 is 0 Å². The molecular weight excluding hydrogens is 214 g/mol. The fraction of sp³-hybridized carbons (Fsp3) is 0.125. The monoisotopic (exact) mass is 218 g/mol. The highest BCUT2D eigenvalue weighted by atomic mass is 35.5. The molecule has 0 radical (unpaired) electrons. The Balaban J connectivity index is 2.75. The highest BCUT2D eigenvalue weighted by Gasteiger charge is 2.07. The fourth-order valence-electron chi connectivity index (χ4n) is 1.16. The molecule has 0 aliphatic rings. The van der Waals surface area contributed by atoms with Gasteiger partial charge in [-0.1, -0.05) is 11.6 Å². The predicted octanol–water partition coefficient (Wildman–Crippen LogP) is 3.09. The zero-order chi connectivity index (χ0) is 9.42. The predicted molar refractivity (Wildman–Crippen MR) is 50.6 cm³/mol. The normalized spacial score (nSPS) is 11.0. The Morgan fingerprint density at radius 3 is 2.92 bits per heavy atom. The van der Waals surface area contributed by atoms with E-state index in [9.17, 15) is 4.39 Å². The minimum atomic E-state index is -0.435. The van der Waals surface area contributed by atoms with E-state index in [4.69, 9.17) is 23.2 Å². The summed E-state index contributed by atoms with van der Waals surface area (Å²) in [6.45, 7) is 0. The van der Waals surface area contributed by atoms with Crippen LogP contribution in [0.25, 0.3) is 11.0 Å². The standard InChI is InChI=1S/C8H5Cl2FN2/c9-3-7-12-6-2-4(10)1-5(11)8(6)13-7/h1-2H,3H2,(H,12,13). The van der Waals surface area contributed by atoms with Gasteiger partial charge in [0.05, 0.1) is 11.4 Å². The van der Waals surface area contributed by atoms with Gasteiger partial charge >= 0.3 is 0 Å². The van der Waals surface area contributed by atoms with E-state index >= 15 is 0 Å². The molecule has 1 aromatic heterocycles. The van der Waals surface area contributed by atoms with Crippen molar-refractivity contribution in [3.8, 4) is 0 Å². The Labute approximate surface area is 83.7 Å². The first kappa shape index (κ1) is 8.78. The third-order valence-corrected chi connectivity index (χ3v) is 2.15. The average Bonchev–Trinajstić information content (AvgIpc) is 2.47. The van der Waals surface area contributed by atoms with Gasteiger partial charge in [0.25, 0.3) is 0 Å². The van der Waals surface area contributed by atoms with Gasteiger partial charge in [0.15, 0.2) is 5.82 Å². The van der Waals surface area contributed by atoms with Crippen molar-refractivity contribution in [2.45, 2.75) is 5.88 Å². The Morgan fingerprint density at radius 2 is 2.23 bits per heavy atom. The highest BCUT2D eigenvalue weighted by molar-refractivity contribution is 6.31. The number of hydrogen-bond acceptors (Lipinski definition) is 1. The minimum Gasteiger partial charge on any atom is -0.341 e. The van der Waals surface area contributed by atoms with E-state index in [1.165, 1.54) is 6.07 Å². The van der Waals surface area contributed by atoms with Crippen molar-refractivity contribution in [3.05, 3.63) is 28.8 Å². The van der Waals surface area contributed by atoms with Gasteiger partial charge < -0.3 is 4.98 Å². The summed E-state index contributed by atoms with van der Waals surface area (Å²) in [4.78, 5) is 6.81. The van der Waals surface area contributed by atoms with Gasteiger partial charge in [-0.25, -0.2) is 9.37 Å². The lowest BCUT2D eigenvalue weighted by Crippen LogP contribution is -1.78. The summed E-state index contributed by atoms with van der Waals surface area (Å²) in [5, 5.41) is 0.342. The molecule has 0 aliphatic carbocycles. The van der Waals surface area contributed by atoms with Gasteiger partial charge in [0, 0.05) is 5.02 Å². The molecule has 0 atom stereocenters. The van der Waals surface area contributed by atoms with Crippen LogP contribution in [-0.4, -0.2) is 9.97 Å². The van der Waals surface area contributed by atoms with Gasteiger partial charge in [-0.05, 0) is 12.1 Å². The molecule has 5 heteroatoms. The molecule has 0 fully saturated rings. The van der Waals surface area contributed by atoms with Crippen LogP contribution in [-0.2, 0) is 5.88 Å². The molecule has 2 nitrogen and oxygen atoms in total. The summed E-state index contributed by atoms with van der Waals surface area (Å²) in [5.41, 5.74) is 0.848. The lowest BCUT2D eigenvalue weighted by Gasteiger charge is -1.91. The lowest BCUT2D eigenvalue weighted by atomic mass is 10.3. The quantitative estimate of drug-likeness (QED) is 0.733. The van der Waals surface area contributed by atoms with Crippen LogP contribution in [0, 0.1) is 5.82 Å². The summed E-state index contributed by atoms with van der Waals surface area (Å²) in [6.07, 6.45) is 0. The van der Waals surface area contributed by atoms with Crippen molar-refractivity contribution in [2.24, 2.45) is 0 Å². The van der Waals surface area contributed by atoms with Crippen molar-refractivity contribution < 1.29 is 4.39 Å². The molecule has 1 N–H and O–H groups in total. The van der Waals surface area contributed by atoms with Crippen molar-refractivity contribution in [1.29, 1.82) is 0 Å². The summed E-state index contributed by atoms with van der Waals surface area (Å²) in [7, 11) is 0. The minimum absolute atomic E-state index is 0.228. The molecule has 0 amide bonds. The topological polar surface area (TPSA) is 28.7 Å². The number of aromatic nitrogens is 2. The van der Waals surface area contributed by atoms with E-state index in [2.05, 4.69) is 9.97 Å². The number of hydrogen-bond donors (Lipinski definition) is 1. The van der Waals surface area contributed by atoms with Gasteiger partial charge in [-0.2, -0.15) is 0 Å². The number of imidazole rings is 1. The summed E-state index contributed by atoms with van der Waals surface area (Å²) in [6, 6.07) is 2.84. The SMILES string of the molecule is Fc1cc(Cl)cc2[nH]c(CCl)nc12. The number of alkyl halides is 1. The molecule has 2 rings (SSSR count). The average molecular weight is 219 g/mol. The molecule has 0 saturated carbocycles. The first-order valence-corrected chi connectivity index (χ1v) is 4.51. The van der Waals surface area contributed by atoms with Crippen LogP contribution in [0.15, 0.2) is 12.1 Å². The molecule has 1 heterocycles. The summed E-state index contributed by atoms with van der Waals surface area (Å²) < 4.78 is 13.2. The van der Waals surface area contributed by atoms with E-state index < -0.39 is 5.82 Å². The second-order valence-corrected chi connectivity index (χ2v) is 3.30. The number of aromatic amines is 1. The Kier molecular flexibility index (Phi) is 2.14. The first-order chi connectivity index (χ1) is 6.20. The van der Waals surface area contributed by atoms with Crippen LogP contribution >= 0.6 is 23.2 Å². The van der Waals surface area contributed by atoms with Crippen LogP contribution in [0.4, 0.5) is 4.39 Å². The molecule has 0 aliphatic heterocycles. The van der Waals surface area contributed by atoms with Crippen molar-refractivity contribution in [2.75, 3.05) is 0 Å². The summed E-state index contributed by atoms with van der Waals surface area (Å²) >= 11 is 11.2. The number of rotatable bonds is 1. The number of nitrogens with zero attached hydrogens (tertiary/aromatic N) is 1. The van der Waals surface area contributed by atoms with Gasteiger partial charge in [0.1, 0.15) is 11.3 Å². The maximum absolute atomic E-state index is 13.2. The third-order valence-electron chi connectivity index (χ3n) is 1.68. The number of H-pyrrole nitrogens is 1. The van der Waals surface area contributed by atoms with E-state index in [-0.39, 0.29) is 11.4 Å². The third kappa shape index (κ3) is 1.49. The molecule has 0 unspecified atom stereocenters. The van der Waals surface area contributed by atoms with Crippen molar-refractivity contribution >= 4 is 34.2 Å². The molecule has 0 bridgehead atoms. The molecule has 1 aromatic carbocycles. The molecule has 0 spiro atoms. The maximum Gasteiger partial charge on any atom is 0.152 e. The Hall–Kier alpha value is -0.800. The number of benzene rings is 1. The Bertz CT molecular complexity index is 453. The maximum atomic E-state index is 13.2. The smallest absolute Gasteiger partial charge is 0.152 e. The van der Waals surface area contributed by atoms with Crippen LogP contribution in [0.2, 0.25) is 5.02 Å². The van der Waals surface area contributed by atoms with Gasteiger partial charge in [-0.3, -0.25) is 0 Å². The molecular formula is C8H5Cl2FN2. The molecule has 13 heavy (non-hydrogen) atoms. The van der Waals surface area contributed by atoms with Crippen molar-refractivity contribution in [1.82, 2.24) is 9.97 Å². The van der Waals surface area contributed by atoms with Crippen LogP contribution in [0.3, 0.4) is 0 Å². The summed E-state index contributed by atoms with van der Waals surface area (Å²) in [5.74, 6) is 0.332. The Morgan fingerprint density at radius 1 is 1.46 bits per heavy atom. The van der Waals surface area contributed by atoms with E-state index in [0.717, 1.165) is 0 Å². The number of halogens is 3. The molecule has 68 valence electrons. The zero-order valence-corrected chi connectivity index (χ0v) is 7.95. The second kappa shape index (κ2) is 3.16. The number of nitrogens with one attached hydrogen (secondary N) is 1. The van der Waals surface area contributed by atoms with Crippen molar-refractivity contribution in [3.63, 3.8) is 0 Å². The zero-order valence-electron chi connectivity index (χ0n) is 6.44. The molecule has 2 aromatic rings. The highest BCUT2D eigenvalue weighted by Crippen LogP contribution is 2.21. The fourth-order valence-corrected chi connectivity index (χ4v) is 1.49. The van der Waals surface area contributed by atoms with Crippen LogP contribution in [0.5, 0.6) is 0 Å². The van der Waals surface area contributed by atoms with Gasteiger partial charge in [-0.15, -0.1) is 11.6 Å². The first-order valence-electron chi connectivity index (χ1n) is 3.60. The van der Waals surface area contributed by atoms with Crippen LogP contribution in [0.1, 0.15) is 5.82 Å². The van der Waals surface area contributed by atoms with E-state index in [0.29, 0.717) is 16.4 Å². The van der Waals surface area contributed by atoms with E-state index in [1.807, 2.05) is 0 Å². The van der Waals surface area contributed by atoms with Gasteiger partial charge in [0.2, 0.25) is 0 Å². The number of fused-ring (bicyclic) bond motifs is 1. The molecule has 0 saturated heterocycles. The lowest BCUT2D eigenvalue weighted by molar-refractivity contribution is 0.637. The second-order valence-electron chi connectivity index (χ2n) is 2.60. The van der Waals surface area contributed by atoms with E-state index in [1.54, 1.807) is 6.07 Å².